The topological polar surface area (TPSA) is 45.6 Å². The molecule has 4 heteroatoms. The lowest BCUT2D eigenvalue weighted by molar-refractivity contribution is 0.731. The van der Waals surface area contributed by atoms with E-state index in [0.29, 0.717) is 0 Å². The molecular weight excluding hydrogens is 188 g/mol. The van der Waals surface area contributed by atoms with Crippen LogP contribution in [0.1, 0.15) is 17.1 Å². The maximum Gasteiger partial charge on any atom is 0.0827 e. The van der Waals surface area contributed by atoms with Crippen molar-refractivity contribution in [1.82, 2.24) is 14.8 Å². The Morgan fingerprint density at radius 2 is 2.27 bits per heavy atom. The van der Waals surface area contributed by atoms with Crippen molar-refractivity contribution in [2.75, 3.05) is 5.32 Å². The molecule has 4 nitrogen and oxygen atoms in total. The molecule has 0 amide bonds. The number of aromatic nitrogens is 3. The molecule has 2 aromatic rings. The summed E-state index contributed by atoms with van der Waals surface area (Å²) in [5.41, 5.74) is 4.52. The minimum absolute atomic E-state index is 0.806. The Morgan fingerprint density at radius 3 is 2.80 bits per heavy atom. The first-order chi connectivity index (χ1) is 7.18. The van der Waals surface area contributed by atoms with Crippen molar-refractivity contribution in [2.45, 2.75) is 20.4 Å². The highest BCUT2D eigenvalue weighted by atomic mass is 15.3. The zero-order valence-corrected chi connectivity index (χ0v) is 9.33. The number of anilines is 1. The highest BCUT2D eigenvalue weighted by Crippen LogP contribution is 2.18. The molecule has 0 bridgehead atoms. The minimum Gasteiger partial charge on any atom is -0.376 e. The first-order valence-corrected chi connectivity index (χ1v) is 5.05. The molecule has 2 aromatic heterocycles. The van der Waals surface area contributed by atoms with Gasteiger partial charge in [0.05, 0.1) is 23.6 Å². The van der Waals surface area contributed by atoms with E-state index in [1.807, 2.05) is 30.9 Å². The van der Waals surface area contributed by atoms with E-state index in [0.717, 1.165) is 17.9 Å². The third kappa shape index (κ3) is 1.88. The molecule has 15 heavy (non-hydrogen) atoms. The van der Waals surface area contributed by atoms with Gasteiger partial charge in [-0.1, -0.05) is 0 Å². The van der Waals surface area contributed by atoms with Crippen LogP contribution in [0, 0.1) is 13.8 Å². The van der Waals surface area contributed by atoms with Gasteiger partial charge < -0.3 is 10.3 Å². The second-order valence-corrected chi connectivity index (χ2v) is 3.72. The van der Waals surface area contributed by atoms with Gasteiger partial charge in [-0.3, -0.25) is 4.68 Å². The van der Waals surface area contributed by atoms with E-state index < -0.39 is 0 Å². The largest absolute Gasteiger partial charge is 0.376 e. The van der Waals surface area contributed by atoms with Crippen molar-refractivity contribution in [3.8, 4) is 0 Å². The van der Waals surface area contributed by atoms with Gasteiger partial charge in [0.15, 0.2) is 0 Å². The highest BCUT2D eigenvalue weighted by molar-refractivity contribution is 5.52. The van der Waals surface area contributed by atoms with Crippen LogP contribution in [-0.2, 0) is 13.6 Å². The van der Waals surface area contributed by atoms with E-state index in [-0.39, 0.29) is 0 Å². The predicted octanol–water partition coefficient (Wildman–Crippen LogP) is 1.98. The molecule has 0 aliphatic heterocycles. The average Bonchev–Trinajstić information content (AvgIpc) is 2.76. The normalized spacial score (nSPS) is 10.6. The number of nitrogens with one attached hydrogen (secondary N) is 2. The molecule has 0 unspecified atom stereocenters. The van der Waals surface area contributed by atoms with Crippen LogP contribution in [-0.4, -0.2) is 14.8 Å². The fourth-order valence-electron chi connectivity index (χ4n) is 1.69. The van der Waals surface area contributed by atoms with Crippen LogP contribution in [0.2, 0.25) is 0 Å². The molecule has 80 valence electrons. The third-order valence-corrected chi connectivity index (χ3v) is 2.63. The first-order valence-electron chi connectivity index (χ1n) is 5.05. The van der Waals surface area contributed by atoms with Crippen LogP contribution in [0.15, 0.2) is 18.3 Å². The van der Waals surface area contributed by atoms with Gasteiger partial charge in [-0.2, -0.15) is 5.10 Å². The molecule has 0 fully saturated rings. The zero-order valence-electron chi connectivity index (χ0n) is 9.33. The van der Waals surface area contributed by atoms with Gasteiger partial charge in [0.25, 0.3) is 0 Å². The van der Waals surface area contributed by atoms with Crippen LogP contribution in [0.3, 0.4) is 0 Å². The Bertz CT molecular complexity index is 439. The number of H-pyrrole nitrogens is 1. The lowest BCUT2D eigenvalue weighted by Gasteiger charge is -2.05. The third-order valence-electron chi connectivity index (χ3n) is 2.63. The minimum atomic E-state index is 0.806. The predicted molar refractivity (Wildman–Crippen MR) is 60.8 cm³/mol. The van der Waals surface area contributed by atoms with E-state index in [1.54, 1.807) is 0 Å². The van der Waals surface area contributed by atoms with Crippen LogP contribution in [0.25, 0.3) is 0 Å². The second kappa shape index (κ2) is 3.81. The van der Waals surface area contributed by atoms with Gasteiger partial charge in [-0.15, -0.1) is 0 Å². The number of hydrogen-bond donors (Lipinski definition) is 2. The summed E-state index contributed by atoms with van der Waals surface area (Å²) in [5, 5.41) is 7.74. The van der Waals surface area contributed by atoms with E-state index in [9.17, 15) is 0 Å². The van der Waals surface area contributed by atoms with E-state index >= 15 is 0 Å². The molecule has 0 aliphatic rings. The second-order valence-electron chi connectivity index (χ2n) is 3.72. The monoisotopic (exact) mass is 204 g/mol. The molecule has 0 aliphatic carbocycles. The Labute approximate surface area is 89.3 Å². The Morgan fingerprint density at radius 1 is 1.47 bits per heavy atom. The van der Waals surface area contributed by atoms with Crippen LogP contribution in [0.4, 0.5) is 5.69 Å². The van der Waals surface area contributed by atoms with E-state index in [4.69, 9.17) is 0 Å². The zero-order chi connectivity index (χ0) is 10.8. The van der Waals surface area contributed by atoms with Crippen molar-refractivity contribution in [1.29, 1.82) is 0 Å². The molecule has 0 spiro atoms. The van der Waals surface area contributed by atoms with Gasteiger partial charge in [0.2, 0.25) is 0 Å². The fourth-order valence-corrected chi connectivity index (χ4v) is 1.69. The first kappa shape index (κ1) is 9.83. The lowest BCUT2D eigenvalue weighted by Crippen LogP contribution is -2.01. The smallest absolute Gasteiger partial charge is 0.0827 e. The van der Waals surface area contributed by atoms with E-state index in [2.05, 4.69) is 28.4 Å². The summed E-state index contributed by atoms with van der Waals surface area (Å²) in [6.45, 7) is 4.89. The van der Waals surface area contributed by atoms with Crippen LogP contribution in [0.5, 0.6) is 0 Å². The summed E-state index contributed by atoms with van der Waals surface area (Å²) >= 11 is 0. The summed E-state index contributed by atoms with van der Waals surface area (Å²) in [7, 11) is 1.96. The Balaban J connectivity index is 2.11. The van der Waals surface area contributed by atoms with Crippen molar-refractivity contribution in [2.24, 2.45) is 7.05 Å². The summed E-state index contributed by atoms with van der Waals surface area (Å²) in [6, 6.07) is 4.06. The number of aromatic amines is 1. The Kier molecular flexibility index (Phi) is 2.49. The average molecular weight is 204 g/mol. The number of rotatable bonds is 3. The number of aryl methyl sites for hydroxylation is 2. The summed E-state index contributed by atoms with van der Waals surface area (Å²) < 4.78 is 1.90. The lowest BCUT2D eigenvalue weighted by atomic mass is 10.3. The maximum atomic E-state index is 4.35. The number of nitrogens with zero attached hydrogens (tertiary/aromatic N) is 2. The molecular formula is C11H16N4. The Hall–Kier alpha value is -1.71. The fraction of sp³-hybridized carbons (Fsp3) is 0.364. The highest BCUT2D eigenvalue weighted by Gasteiger charge is 2.08. The molecule has 0 saturated carbocycles. The molecule has 2 heterocycles. The SMILES string of the molecule is Cc1nn(C)c(C)c1NCc1ccc[nH]1. The summed E-state index contributed by atoms with van der Waals surface area (Å²) in [4.78, 5) is 3.16. The number of hydrogen-bond acceptors (Lipinski definition) is 2. The maximum absolute atomic E-state index is 4.35. The van der Waals surface area contributed by atoms with Crippen molar-refractivity contribution in [3.63, 3.8) is 0 Å². The van der Waals surface area contributed by atoms with Crippen LogP contribution >= 0.6 is 0 Å². The van der Waals surface area contributed by atoms with Crippen molar-refractivity contribution >= 4 is 5.69 Å². The summed E-state index contributed by atoms with van der Waals surface area (Å²) in [6.07, 6.45) is 1.93. The van der Waals surface area contributed by atoms with Crippen molar-refractivity contribution in [3.05, 3.63) is 35.4 Å². The molecule has 2 N–H and O–H groups in total. The molecule has 0 saturated heterocycles. The molecule has 0 atom stereocenters. The van der Waals surface area contributed by atoms with Gasteiger partial charge in [-0.05, 0) is 26.0 Å². The molecule has 0 aromatic carbocycles. The van der Waals surface area contributed by atoms with Gasteiger partial charge in [0, 0.05) is 18.9 Å². The van der Waals surface area contributed by atoms with Gasteiger partial charge in [-0.25, -0.2) is 0 Å². The van der Waals surface area contributed by atoms with E-state index in [1.165, 1.54) is 11.4 Å². The quantitative estimate of drug-likeness (QED) is 0.803. The van der Waals surface area contributed by atoms with Crippen molar-refractivity contribution < 1.29 is 0 Å². The molecule has 0 radical (unpaired) electrons. The van der Waals surface area contributed by atoms with Gasteiger partial charge in [0.1, 0.15) is 0 Å². The summed E-state index contributed by atoms with van der Waals surface area (Å²) in [5.74, 6) is 0. The standard InChI is InChI=1S/C11H16N4/c1-8-11(9(2)15(3)14-8)13-7-10-5-4-6-12-10/h4-6,12-13H,7H2,1-3H3. The van der Waals surface area contributed by atoms with Crippen LogP contribution < -0.4 is 5.32 Å². The molecule has 2 rings (SSSR count). The van der Waals surface area contributed by atoms with Gasteiger partial charge >= 0.3 is 0 Å².